The Labute approximate surface area is 174 Å². The van der Waals surface area contributed by atoms with E-state index in [4.69, 9.17) is 4.42 Å². The predicted molar refractivity (Wildman–Crippen MR) is 115 cm³/mol. The maximum atomic E-state index is 12.6. The van der Waals surface area contributed by atoms with Crippen LogP contribution in [0.2, 0.25) is 0 Å². The van der Waals surface area contributed by atoms with Gasteiger partial charge in [0.05, 0.1) is 12.2 Å². The summed E-state index contributed by atoms with van der Waals surface area (Å²) in [5.74, 6) is 0.841. The zero-order valence-electron chi connectivity index (χ0n) is 16.8. The molecule has 3 aromatic rings. The van der Waals surface area contributed by atoms with Crippen LogP contribution in [0.4, 0.5) is 5.69 Å². The largest absolute Gasteiger partial charge is 0.416 e. The minimum absolute atomic E-state index is 0.0283. The number of thioether (sulfide) groups is 1. The van der Waals surface area contributed by atoms with E-state index in [1.54, 1.807) is 6.08 Å². The van der Waals surface area contributed by atoms with Gasteiger partial charge in [0.2, 0.25) is 5.89 Å². The number of carbonyl (C=O) groups is 1. The number of hydrogen-bond acceptors (Lipinski definition) is 6. The molecular weight excluding hydrogens is 382 g/mol. The Morgan fingerprint density at radius 1 is 1.10 bits per heavy atom. The van der Waals surface area contributed by atoms with Gasteiger partial charge in [-0.2, -0.15) is 0 Å². The topological polar surface area (TPSA) is 59.2 Å². The zero-order valence-corrected chi connectivity index (χ0v) is 17.6. The van der Waals surface area contributed by atoms with Gasteiger partial charge in [-0.1, -0.05) is 74.1 Å². The third kappa shape index (κ3) is 3.98. The van der Waals surface area contributed by atoms with Crippen molar-refractivity contribution in [2.75, 3.05) is 17.7 Å². The summed E-state index contributed by atoms with van der Waals surface area (Å²) in [5, 5.41) is 8.56. The lowest BCUT2D eigenvalue weighted by atomic mass is 9.83. The van der Waals surface area contributed by atoms with Gasteiger partial charge >= 0.3 is 0 Å². The summed E-state index contributed by atoms with van der Waals surface area (Å²) in [6.45, 7) is 4.30. The van der Waals surface area contributed by atoms with Gasteiger partial charge < -0.3 is 9.32 Å². The molecule has 0 spiro atoms. The fraction of sp³-hybridized carbons (Fsp3) is 0.261. The molecule has 5 nitrogen and oxygen atoms in total. The fourth-order valence-electron chi connectivity index (χ4n) is 3.72. The molecular formula is C23H23N3O2S. The zero-order chi connectivity index (χ0) is 20.4. The molecule has 29 heavy (non-hydrogen) atoms. The Hall–Kier alpha value is -2.86. The third-order valence-corrected chi connectivity index (χ3v) is 6.06. The van der Waals surface area contributed by atoms with Crippen LogP contribution in [0.1, 0.15) is 30.9 Å². The molecule has 0 fully saturated rings. The van der Waals surface area contributed by atoms with Gasteiger partial charge in [-0.15, -0.1) is 10.2 Å². The summed E-state index contributed by atoms with van der Waals surface area (Å²) in [4.78, 5) is 14.7. The first kappa shape index (κ1) is 19.5. The van der Waals surface area contributed by atoms with Gasteiger partial charge in [0.1, 0.15) is 0 Å². The molecule has 0 saturated carbocycles. The minimum Gasteiger partial charge on any atom is -0.416 e. The second-order valence-corrected chi connectivity index (χ2v) is 8.54. The smallest absolute Gasteiger partial charge is 0.277 e. The number of likely N-dealkylation sites (N-methyl/N-ethyl adjacent to an activating group) is 1. The molecule has 0 aliphatic carbocycles. The van der Waals surface area contributed by atoms with E-state index >= 15 is 0 Å². The van der Waals surface area contributed by atoms with E-state index in [-0.39, 0.29) is 17.0 Å². The number of aromatic nitrogens is 2. The van der Waals surface area contributed by atoms with Crippen molar-refractivity contribution in [3.63, 3.8) is 0 Å². The quantitative estimate of drug-likeness (QED) is 0.440. The fourth-order valence-corrected chi connectivity index (χ4v) is 4.33. The number of hydrogen-bond donors (Lipinski definition) is 0. The van der Waals surface area contributed by atoms with Crippen molar-refractivity contribution in [2.24, 2.45) is 0 Å². The van der Waals surface area contributed by atoms with Crippen molar-refractivity contribution < 1.29 is 9.21 Å². The summed E-state index contributed by atoms with van der Waals surface area (Å²) < 4.78 is 5.68. The number of benzene rings is 2. The number of carbonyl (C=O) groups excluding carboxylic acids is 1. The Morgan fingerprint density at radius 2 is 1.83 bits per heavy atom. The monoisotopic (exact) mass is 405 g/mol. The van der Waals surface area contributed by atoms with Crippen molar-refractivity contribution >= 4 is 23.2 Å². The van der Waals surface area contributed by atoms with E-state index in [2.05, 4.69) is 41.1 Å². The van der Waals surface area contributed by atoms with Gasteiger partial charge in [0.25, 0.3) is 5.22 Å². The molecule has 2 heterocycles. The maximum Gasteiger partial charge on any atom is 0.277 e. The Morgan fingerprint density at radius 3 is 2.59 bits per heavy atom. The Kier molecular flexibility index (Phi) is 5.28. The lowest BCUT2D eigenvalue weighted by Gasteiger charge is -2.23. The van der Waals surface area contributed by atoms with Crippen molar-refractivity contribution in [2.45, 2.75) is 30.9 Å². The first-order valence-electron chi connectivity index (χ1n) is 9.52. The summed E-state index contributed by atoms with van der Waals surface area (Å²) in [7, 11) is 2.01. The molecule has 0 amide bonds. The van der Waals surface area contributed by atoms with Crippen LogP contribution in [0, 0.1) is 0 Å². The SMILES string of the molecule is CN1C(=CC(=O)CSc2nnc(Cc3ccccc3)o2)C(C)(C)c2ccccc21. The second-order valence-electron chi connectivity index (χ2n) is 7.61. The molecule has 1 aliphatic rings. The van der Waals surface area contributed by atoms with Crippen molar-refractivity contribution in [3.8, 4) is 0 Å². The highest BCUT2D eigenvalue weighted by Crippen LogP contribution is 2.46. The van der Waals surface area contributed by atoms with Crippen LogP contribution in [0.5, 0.6) is 0 Å². The number of rotatable bonds is 6. The average Bonchev–Trinajstić information content (AvgIpc) is 3.24. The van der Waals surface area contributed by atoms with E-state index < -0.39 is 0 Å². The van der Waals surface area contributed by atoms with Crippen LogP contribution in [-0.2, 0) is 16.6 Å². The highest BCUT2D eigenvalue weighted by Gasteiger charge is 2.38. The molecule has 6 heteroatoms. The minimum atomic E-state index is -0.209. The summed E-state index contributed by atoms with van der Waals surface area (Å²) >= 11 is 1.28. The number of para-hydroxylation sites is 1. The van der Waals surface area contributed by atoms with E-state index in [9.17, 15) is 4.79 Å². The highest BCUT2D eigenvalue weighted by molar-refractivity contribution is 7.99. The molecule has 0 saturated heterocycles. The van der Waals surface area contributed by atoms with Crippen molar-refractivity contribution in [3.05, 3.63) is 83.4 Å². The first-order chi connectivity index (χ1) is 13.9. The molecule has 1 aromatic heterocycles. The summed E-state index contributed by atoms with van der Waals surface area (Å²) in [6, 6.07) is 18.2. The van der Waals surface area contributed by atoms with Gasteiger partial charge in [-0.05, 0) is 17.2 Å². The second kappa shape index (κ2) is 7.87. The van der Waals surface area contributed by atoms with Crippen LogP contribution in [0.3, 0.4) is 0 Å². The van der Waals surface area contributed by atoms with Crippen LogP contribution >= 0.6 is 11.8 Å². The summed E-state index contributed by atoms with van der Waals surface area (Å²) in [5.41, 5.74) is 4.28. The first-order valence-corrected chi connectivity index (χ1v) is 10.5. The average molecular weight is 406 g/mol. The number of ketones is 1. The molecule has 0 radical (unpaired) electrons. The Balaban J connectivity index is 1.41. The molecule has 4 rings (SSSR count). The van der Waals surface area contributed by atoms with Gasteiger partial charge in [-0.25, -0.2) is 0 Å². The molecule has 0 atom stereocenters. The standard InChI is InChI=1S/C23H23N3O2S/c1-23(2)18-11-7-8-12-19(18)26(3)20(23)14-17(27)15-29-22-25-24-21(28-22)13-16-9-5-4-6-10-16/h4-12,14H,13,15H2,1-3H3. The van der Waals surface area contributed by atoms with Gasteiger partial charge in [0.15, 0.2) is 5.78 Å². The molecule has 0 unspecified atom stereocenters. The number of anilines is 1. The van der Waals surface area contributed by atoms with E-state index in [1.807, 2.05) is 49.5 Å². The molecule has 0 N–H and O–H groups in total. The van der Waals surface area contributed by atoms with E-state index in [0.717, 1.165) is 16.9 Å². The van der Waals surface area contributed by atoms with Crippen LogP contribution in [0.15, 0.2) is 76.0 Å². The number of allylic oxidation sites excluding steroid dienone is 2. The Bertz CT molecular complexity index is 1060. The van der Waals surface area contributed by atoms with E-state index in [1.165, 1.54) is 17.3 Å². The van der Waals surface area contributed by atoms with Gasteiger partial charge in [-0.3, -0.25) is 4.79 Å². The van der Waals surface area contributed by atoms with Crippen LogP contribution in [0.25, 0.3) is 0 Å². The molecule has 1 aliphatic heterocycles. The lowest BCUT2D eigenvalue weighted by Crippen LogP contribution is -2.24. The lowest BCUT2D eigenvalue weighted by molar-refractivity contribution is -0.112. The third-order valence-electron chi connectivity index (χ3n) is 5.22. The van der Waals surface area contributed by atoms with Crippen molar-refractivity contribution in [1.29, 1.82) is 0 Å². The maximum absolute atomic E-state index is 12.6. The number of nitrogens with zero attached hydrogens (tertiary/aromatic N) is 3. The normalized spacial score (nSPS) is 16.2. The van der Waals surface area contributed by atoms with Gasteiger partial charge in [0, 0.05) is 29.9 Å². The van der Waals surface area contributed by atoms with Crippen LogP contribution in [-0.4, -0.2) is 28.8 Å². The van der Waals surface area contributed by atoms with Crippen molar-refractivity contribution in [1.82, 2.24) is 10.2 Å². The number of fused-ring (bicyclic) bond motifs is 1. The molecule has 0 bridgehead atoms. The van der Waals surface area contributed by atoms with Crippen LogP contribution < -0.4 is 4.90 Å². The predicted octanol–water partition coefficient (Wildman–Crippen LogP) is 4.63. The molecule has 2 aromatic carbocycles. The summed E-state index contributed by atoms with van der Waals surface area (Å²) in [6.07, 6.45) is 2.33. The molecule has 148 valence electrons. The van der Waals surface area contributed by atoms with E-state index in [0.29, 0.717) is 17.5 Å². The highest BCUT2D eigenvalue weighted by atomic mass is 32.2.